The van der Waals surface area contributed by atoms with Crippen LogP contribution in [0.3, 0.4) is 0 Å². The van der Waals surface area contributed by atoms with Crippen molar-refractivity contribution >= 4 is 23.4 Å². The molecule has 0 saturated heterocycles. The van der Waals surface area contributed by atoms with Crippen molar-refractivity contribution in [2.45, 2.75) is 13.0 Å². The Balaban J connectivity index is 1.64. The van der Waals surface area contributed by atoms with Gasteiger partial charge in [0, 0.05) is 11.1 Å². The predicted octanol–water partition coefficient (Wildman–Crippen LogP) is 2.22. The molecule has 0 aliphatic heterocycles. The minimum absolute atomic E-state index is 0.0240. The zero-order chi connectivity index (χ0) is 18.1. The smallest absolute Gasteiger partial charge is 0.276 e. The molecule has 0 bridgehead atoms. The number of hydrogen-bond donors (Lipinski definition) is 3. The summed E-state index contributed by atoms with van der Waals surface area (Å²) in [6.45, 7) is 1.82. The topological polar surface area (TPSA) is 79.5 Å². The molecule has 2 rings (SSSR count). The maximum Gasteiger partial charge on any atom is 0.276 e. The van der Waals surface area contributed by atoms with Crippen LogP contribution in [0, 0.1) is 0 Å². The molecule has 2 aromatic carbocycles. The molecular formula is C18H20ClN3O3. The summed E-state index contributed by atoms with van der Waals surface area (Å²) in [7, 11) is 0. The lowest BCUT2D eigenvalue weighted by Gasteiger charge is -2.14. The van der Waals surface area contributed by atoms with Gasteiger partial charge in [-0.15, -0.1) is 0 Å². The number of hydrogen-bond acceptors (Lipinski definition) is 4. The van der Waals surface area contributed by atoms with Gasteiger partial charge in [-0.05, 0) is 36.8 Å². The number of rotatable bonds is 7. The van der Waals surface area contributed by atoms with Gasteiger partial charge in [-0.2, -0.15) is 0 Å². The second-order valence-corrected chi connectivity index (χ2v) is 5.79. The highest BCUT2D eigenvalue weighted by atomic mass is 35.5. The second-order valence-electron chi connectivity index (χ2n) is 5.35. The van der Waals surface area contributed by atoms with E-state index in [1.807, 2.05) is 37.3 Å². The van der Waals surface area contributed by atoms with E-state index in [1.54, 1.807) is 24.3 Å². The number of benzene rings is 2. The van der Waals surface area contributed by atoms with E-state index in [4.69, 9.17) is 16.3 Å². The van der Waals surface area contributed by atoms with Crippen LogP contribution in [0.25, 0.3) is 0 Å². The Hall–Kier alpha value is -2.57. The first-order valence-corrected chi connectivity index (χ1v) is 8.17. The van der Waals surface area contributed by atoms with E-state index in [-0.39, 0.29) is 25.1 Å². The summed E-state index contributed by atoms with van der Waals surface area (Å²) in [5.74, 6) is -0.286. The van der Waals surface area contributed by atoms with Gasteiger partial charge in [0.1, 0.15) is 5.75 Å². The van der Waals surface area contributed by atoms with Crippen LogP contribution in [0.4, 0.5) is 0 Å². The van der Waals surface area contributed by atoms with Crippen molar-refractivity contribution < 1.29 is 14.3 Å². The fraction of sp³-hybridized carbons (Fsp3) is 0.222. The van der Waals surface area contributed by atoms with Crippen molar-refractivity contribution in [3.8, 4) is 5.75 Å². The van der Waals surface area contributed by atoms with E-state index in [0.29, 0.717) is 10.8 Å². The molecule has 1 atom stereocenters. The average molecular weight is 362 g/mol. The number of hydrazine groups is 1. The molecule has 0 radical (unpaired) electrons. The third kappa shape index (κ3) is 6.82. The lowest BCUT2D eigenvalue weighted by molar-refractivity contribution is -0.129. The molecule has 25 heavy (non-hydrogen) atoms. The third-order valence-electron chi connectivity index (χ3n) is 3.39. The Kier molecular flexibility index (Phi) is 7.25. The number of ether oxygens (including phenoxy) is 1. The van der Waals surface area contributed by atoms with Gasteiger partial charge in [0.15, 0.2) is 6.61 Å². The number of carbonyl (C=O) groups excluding carboxylic acids is 2. The van der Waals surface area contributed by atoms with Crippen LogP contribution in [0.5, 0.6) is 5.75 Å². The second kappa shape index (κ2) is 9.66. The molecule has 0 saturated carbocycles. The van der Waals surface area contributed by atoms with Crippen LogP contribution in [-0.2, 0) is 9.59 Å². The Bertz CT molecular complexity index is 692. The van der Waals surface area contributed by atoms with Gasteiger partial charge in [0.2, 0.25) is 0 Å². The van der Waals surface area contributed by atoms with Crippen LogP contribution in [0.1, 0.15) is 18.5 Å². The van der Waals surface area contributed by atoms with E-state index < -0.39 is 5.91 Å². The number of nitrogens with one attached hydrogen (secondary N) is 3. The van der Waals surface area contributed by atoms with Crippen molar-refractivity contribution in [2.75, 3.05) is 13.2 Å². The Morgan fingerprint density at radius 1 is 1.00 bits per heavy atom. The highest BCUT2D eigenvalue weighted by Crippen LogP contribution is 2.15. The summed E-state index contributed by atoms with van der Waals surface area (Å²) >= 11 is 5.76. The summed E-state index contributed by atoms with van der Waals surface area (Å²) in [6, 6.07) is 16.4. The molecule has 0 aliphatic carbocycles. The Morgan fingerprint density at radius 3 is 2.32 bits per heavy atom. The number of carbonyl (C=O) groups is 2. The van der Waals surface area contributed by atoms with Crippen molar-refractivity contribution in [1.82, 2.24) is 16.2 Å². The third-order valence-corrected chi connectivity index (χ3v) is 3.65. The van der Waals surface area contributed by atoms with Gasteiger partial charge in [0.05, 0.1) is 6.54 Å². The van der Waals surface area contributed by atoms with Gasteiger partial charge in [-0.1, -0.05) is 41.9 Å². The van der Waals surface area contributed by atoms with Gasteiger partial charge in [-0.25, -0.2) is 0 Å². The van der Waals surface area contributed by atoms with Gasteiger partial charge in [0.25, 0.3) is 11.8 Å². The summed E-state index contributed by atoms with van der Waals surface area (Å²) in [6.07, 6.45) is 0. The quantitative estimate of drug-likeness (QED) is 0.661. The molecule has 6 nitrogen and oxygen atoms in total. The van der Waals surface area contributed by atoms with E-state index >= 15 is 0 Å². The molecule has 0 unspecified atom stereocenters. The first kappa shape index (κ1) is 18.8. The van der Waals surface area contributed by atoms with Crippen LogP contribution >= 0.6 is 11.6 Å². The lowest BCUT2D eigenvalue weighted by atomic mass is 10.1. The fourth-order valence-electron chi connectivity index (χ4n) is 2.00. The van der Waals surface area contributed by atoms with Crippen LogP contribution in [0.2, 0.25) is 5.02 Å². The predicted molar refractivity (Wildman–Crippen MR) is 96.1 cm³/mol. The monoisotopic (exact) mass is 361 g/mol. The van der Waals surface area contributed by atoms with Gasteiger partial charge in [-0.3, -0.25) is 20.4 Å². The maximum absolute atomic E-state index is 11.8. The molecule has 0 spiro atoms. The zero-order valence-corrected chi connectivity index (χ0v) is 14.5. The number of halogens is 1. The highest BCUT2D eigenvalue weighted by molar-refractivity contribution is 6.30. The van der Waals surface area contributed by atoms with Crippen molar-refractivity contribution in [3.05, 3.63) is 65.2 Å². The standard InChI is InChI=1S/C18H20ClN3O3/c1-13(14-5-3-2-4-6-14)20-11-17(23)21-22-18(24)12-25-16-9-7-15(19)8-10-16/h2-10,13,20H,11-12H2,1H3,(H,21,23)(H,22,24)/t13-/m1/s1. The van der Waals surface area contributed by atoms with E-state index in [2.05, 4.69) is 16.2 Å². The van der Waals surface area contributed by atoms with Crippen molar-refractivity contribution in [3.63, 3.8) is 0 Å². The summed E-state index contributed by atoms with van der Waals surface area (Å²) in [5.41, 5.74) is 5.71. The summed E-state index contributed by atoms with van der Waals surface area (Å²) in [4.78, 5) is 23.4. The molecule has 7 heteroatoms. The van der Waals surface area contributed by atoms with E-state index in [9.17, 15) is 9.59 Å². The Morgan fingerprint density at radius 2 is 1.64 bits per heavy atom. The molecule has 132 valence electrons. The molecule has 2 aromatic rings. The SMILES string of the molecule is C[C@@H](NCC(=O)NNC(=O)COc1ccc(Cl)cc1)c1ccccc1. The van der Waals surface area contributed by atoms with Crippen LogP contribution in [-0.4, -0.2) is 25.0 Å². The first-order chi connectivity index (χ1) is 12.0. The number of amides is 2. The molecule has 0 aromatic heterocycles. The van der Waals surface area contributed by atoms with Crippen LogP contribution in [0.15, 0.2) is 54.6 Å². The Labute approximate surface area is 151 Å². The van der Waals surface area contributed by atoms with Crippen molar-refractivity contribution in [1.29, 1.82) is 0 Å². The van der Waals surface area contributed by atoms with Gasteiger partial charge < -0.3 is 10.1 Å². The molecular weight excluding hydrogens is 342 g/mol. The molecule has 3 N–H and O–H groups in total. The van der Waals surface area contributed by atoms with Crippen molar-refractivity contribution in [2.24, 2.45) is 0 Å². The molecule has 0 heterocycles. The zero-order valence-electron chi connectivity index (χ0n) is 13.8. The van der Waals surface area contributed by atoms with E-state index in [1.165, 1.54) is 0 Å². The fourth-order valence-corrected chi connectivity index (χ4v) is 2.13. The molecule has 2 amide bonds. The first-order valence-electron chi connectivity index (χ1n) is 7.79. The normalized spacial score (nSPS) is 11.4. The lowest BCUT2D eigenvalue weighted by Crippen LogP contribution is -2.47. The largest absolute Gasteiger partial charge is 0.484 e. The average Bonchev–Trinajstić information content (AvgIpc) is 2.64. The van der Waals surface area contributed by atoms with Crippen LogP contribution < -0.4 is 20.9 Å². The highest BCUT2D eigenvalue weighted by Gasteiger charge is 2.08. The maximum atomic E-state index is 11.8. The molecule has 0 aliphatic rings. The minimum atomic E-state index is -0.459. The minimum Gasteiger partial charge on any atom is -0.484 e. The van der Waals surface area contributed by atoms with E-state index in [0.717, 1.165) is 5.56 Å². The summed E-state index contributed by atoms with van der Waals surface area (Å²) in [5, 5.41) is 3.66. The summed E-state index contributed by atoms with van der Waals surface area (Å²) < 4.78 is 5.27. The molecule has 0 fully saturated rings. The van der Waals surface area contributed by atoms with Gasteiger partial charge >= 0.3 is 0 Å².